The number of carbonyl (C=O) groups excluding carboxylic acids is 1. The summed E-state index contributed by atoms with van der Waals surface area (Å²) in [5.74, 6) is 0.554. The molecule has 0 radical (unpaired) electrons. The Morgan fingerprint density at radius 1 is 1.25 bits per heavy atom. The van der Waals surface area contributed by atoms with Gasteiger partial charge in [-0.15, -0.1) is 11.3 Å². The van der Waals surface area contributed by atoms with E-state index in [1.165, 1.54) is 11.8 Å². The third-order valence-corrected chi connectivity index (χ3v) is 7.05. The number of thiazole rings is 1. The van der Waals surface area contributed by atoms with Crippen LogP contribution in [0.25, 0.3) is 11.7 Å². The van der Waals surface area contributed by atoms with E-state index in [0.717, 1.165) is 66.0 Å². The third-order valence-electron chi connectivity index (χ3n) is 5.37. The standard InChI is InChI=1S/C20H21N5OS2/c26-20(17-8-16-10-21-18-2-1-3-19(28-17)25(16)18)22-9-14-4-6-24(7-5-14)11-15-12-27-13-23-15/h1-3,8,10,12-14H,4-7,9,11H2,(H,22,26). The molecule has 5 rings (SSSR count). The van der Waals surface area contributed by atoms with Crippen molar-refractivity contribution < 1.29 is 4.79 Å². The van der Waals surface area contributed by atoms with Gasteiger partial charge in [0.1, 0.15) is 5.65 Å². The van der Waals surface area contributed by atoms with Crippen LogP contribution in [-0.4, -0.2) is 44.8 Å². The highest BCUT2D eigenvalue weighted by molar-refractivity contribution is 8.04. The van der Waals surface area contributed by atoms with Crippen LogP contribution in [0.4, 0.5) is 0 Å². The second-order valence-corrected chi connectivity index (χ2v) is 9.04. The lowest BCUT2D eigenvalue weighted by Crippen LogP contribution is -2.38. The quantitative estimate of drug-likeness (QED) is 0.698. The fourth-order valence-electron chi connectivity index (χ4n) is 3.82. The predicted octanol–water partition coefficient (Wildman–Crippen LogP) is 3.27. The normalized spacial score (nSPS) is 17.6. The van der Waals surface area contributed by atoms with Gasteiger partial charge in [0.05, 0.1) is 33.0 Å². The van der Waals surface area contributed by atoms with E-state index in [1.54, 1.807) is 11.3 Å². The second-order valence-electron chi connectivity index (χ2n) is 7.26. The Balaban J connectivity index is 1.15. The van der Waals surface area contributed by atoms with E-state index in [2.05, 4.69) is 30.0 Å². The summed E-state index contributed by atoms with van der Waals surface area (Å²) < 4.78 is 2.08. The van der Waals surface area contributed by atoms with Gasteiger partial charge in [-0.05, 0) is 50.1 Å². The van der Waals surface area contributed by atoms with Crippen LogP contribution in [0.2, 0.25) is 0 Å². The van der Waals surface area contributed by atoms with Gasteiger partial charge >= 0.3 is 0 Å². The van der Waals surface area contributed by atoms with Gasteiger partial charge in [0, 0.05) is 18.5 Å². The number of likely N-dealkylation sites (tertiary alicyclic amines) is 1. The summed E-state index contributed by atoms with van der Waals surface area (Å²) in [5, 5.41) is 6.31. The van der Waals surface area contributed by atoms with Crippen LogP contribution in [0.1, 0.15) is 24.2 Å². The topological polar surface area (TPSA) is 62.5 Å². The number of hydrogen-bond acceptors (Lipinski definition) is 6. The lowest BCUT2D eigenvalue weighted by molar-refractivity contribution is -0.117. The number of pyridine rings is 1. The molecule has 8 heteroatoms. The summed E-state index contributed by atoms with van der Waals surface area (Å²) in [6, 6.07) is 5.99. The molecule has 1 N–H and O–H groups in total. The molecular formula is C20H21N5OS2. The minimum atomic E-state index is 0.0133. The van der Waals surface area contributed by atoms with Crippen molar-refractivity contribution in [2.24, 2.45) is 5.92 Å². The molecule has 144 valence electrons. The molecule has 0 bridgehead atoms. The van der Waals surface area contributed by atoms with Crippen molar-refractivity contribution in [1.29, 1.82) is 0 Å². The molecule has 0 saturated carbocycles. The molecule has 0 aliphatic carbocycles. The number of nitrogens with one attached hydrogen (secondary N) is 1. The average molecular weight is 412 g/mol. The third kappa shape index (κ3) is 3.59. The number of piperidine rings is 1. The SMILES string of the molecule is O=C(NCC1CCN(Cc2cscn2)CC1)C1=Cc2cnc3cccc(n23)S1. The maximum absolute atomic E-state index is 12.7. The zero-order valence-electron chi connectivity index (χ0n) is 15.4. The van der Waals surface area contributed by atoms with Crippen molar-refractivity contribution >= 4 is 40.7 Å². The average Bonchev–Trinajstić information content (AvgIpc) is 3.38. The van der Waals surface area contributed by atoms with Crippen molar-refractivity contribution in [3.63, 3.8) is 0 Å². The van der Waals surface area contributed by atoms with Gasteiger partial charge in [0.25, 0.3) is 5.91 Å². The number of thioether (sulfide) groups is 1. The Labute approximate surface area is 171 Å². The molecule has 1 fully saturated rings. The minimum absolute atomic E-state index is 0.0133. The van der Waals surface area contributed by atoms with Gasteiger partial charge in [-0.25, -0.2) is 9.97 Å². The number of imidazole rings is 1. The number of carbonyl (C=O) groups is 1. The molecule has 0 spiro atoms. The van der Waals surface area contributed by atoms with Crippen LogP contribution in [0, 0.1) is 5.92 Å². The van der Waals surface area contributed by atoms with Crippen molar-refractivity contribution in [2.45, 2.75) is 24.4 Å². The zero-order valence-corrected chi connectivity index (χ0v) is 17.0. The maximum Gasteiger partial charge on any atom is 0.258 e. The highest BCUT2D eigenvalue weighted by Gasteiger charge is 2.23. The van der Waals surface area contributed by atoms with E-state index < -0.39 is 0 Å². The van der Waals surface area contributed by atoms with Crippen LogP contribution in [0.5, 0.6) is 0 Å². The Bertz CT molecular complexity index is 1020. The van der Waals surface area contributed by atoms with Crippen LogP contribution < -0.4 is 5.32 Å². The first-order valence-electron chi connectivity index (χ1n) is 9.50. The zero-order chi connectivity index (χ0) is 18.9. The highest BCUT2D eigenvalue weighted by atomic mass is 32.2. The molecule has 1 amide bonds. The summed E-state index contributed by atoms with van der Waals surface area (Å²) in [6.07, 6.45) is 5.98. The molecule has 2 aliphatic rings. The summed E-state index contributed by atoms with van der Waals surface area (Å²) >= 11 is 3.16. The van der Waals surface area contributed by atoms with E-state index in [0.29, 0.717) is 5.92 Å². The first-order valence-corrected chi connectivity index (χ1v) is 11.3. The van der Waals surface area contributed by atoms with Crippen molar-refractivity contribution in [2.75, 3.05) is 19.6 Å². The largest absolute Gasteiger partial charge is 0.351 e. The molecule has 3 aromatic rings. The fraction of sp³-hybridized carbons (Fsp3) is 0.350. The van der Waals surface area contributed by atoms with Crippen LogP contribution in [0.3, 0.4) is 0 Å². The minimum Gasteiger partial charge on any atom is -0.351 e. The van der Waals surface area contributed by atoms with Crippen molar-refractivity contribution in [1.82, 2.24) is 24.6 Å². The van der Waals surface area contributed by atoms with E-state index >= 15 is 0 Å². The molecule has 5 heterocycles. The summed E-state index contributed by atoms with van der Waals surface area (Å²) in [5.41, 5.74) is 4.93. The lowest BCUT2D eigenvalue weighted by atomic mass is 9.96. The molecule has 28 heavy (non-hydrogen) atoms. The molecule has 1 saturated heterocycles. The van der Waals surface area contributed by atoms with E-state index in [4.69, 9.17) is 0 Å². The van der Waals surface area contributed by atoms with Gasteiger partial charge in [-0.1, -0.05) is 17.8 Å². The predicted molar refractivity (Wildman–Crippen MR) is 112 cm³/mol. The molecule has 2 aliphatic heterocycles. The second kappa shape index (κ2) is 7.69. The van der Waals surface area contributed by atoms with Crippen LogP contribution in [-0.2, 0) is 11.3 Å². The Kier molecular flexibility index (Phi) is 4.92. The van der Waals surface area contributed by atoms with E-state index in [-0.39, 0.29) is 5.91 Å². The van der Waals surface area contributed by atoms with Gasteiger partial charge < -0.3 is 5.32 Å². The molecule has 0 atom stereocenters. The van der Waals surface area contributed by atoms with Crippen LogP contribution >= 0.6 is 23.1 Å². The van der Waals surface area contributed by atoms with Gasteiger partial charge in [-0.3, -0.25) is 14.1 Å². The molecule has 6 nitrogen and oxygen atoms in total. The number of rotatable bonds is 5. The first-order chi connectivity index (χ1) is 13.8. The van der Waals surface area contributed by atoms with Crippen LogP contribution in [0.15, 0.2) is 45.2 Å². The van der Waals surface area contributed by atoms with Crippen molar-refractivity contribution in [3.05, 3.63) is 51.6 Å². The van der Waals surface area contributed by atoms with Crippen molar-refractivity contribution in [3.8, 4) is 0 Å². The summed E-state index contributed by atoms with van der Waals surface area (Å²) in [7, 11) is 0. The van der Waals surface area contributed by atoms with E-state index in [1.807, 2.05) is 36.0 Å². The number of aromatic nitrogens is 3. The van der Waals surface area contributed by atoms with Gasteiger partial charge in [-0.2, -0.15) is 0 Å². The monoisotopic (exact) mass is 411 g/mol. The lowest BCUT2D eigenvalue weighted by Gasteiger charge is -2.31. The molecule has 0 aromatic carbocycles. The Hall–Kier alpha value is -2.16. The van der Waals surface area contributed by atoms with E-state index in [9.17, 15) is 4.79 Å². The smallest absolute Gasteiger partial charge is 0.258 e. The molecular weight excluding hydrogens is 390 g/mol. The first kappa shape index (κ1) is 17.9. The highest BCUT2D eigenvalue weighted by Crippen LogP contribution is 2.34. The summed E-state index contributed by atoms with van der Waals surface area (Å²) in [6.45, 7) is 3.81. The summed E-state index contributed by atoms with van der Waals surface area (Å²) in [4.78, 5) is 24.7. The number of amides is 1. The Morgan fingerprint density at radius 3 is 2.96 bits per heavy atom. The van der Waals surface area contributed by atoms with Gasteiger partial charge in [0.2, 0.25) is 0 Å². The fourth-order valence-corrected chi connectivity index (χ4v) is 5.37. The molecule has 3 aromatic heterocycles. The number of nitrogens with zero attached hydrogens (tertiary/aromatic N) is 4. The maximum atomic E-state index is 12.7. The molecule has 0 unspecified atom stereocenters. The Morgan fingerprint density at radius 2 is 2.14 bits per heavy atom. The number of hydrogen-bond donors (Lipinski definition) is 1. The van der Waals surface area contributed by atoms with Gasteiger partial charge in [0.15, 0.2) is 0 Å².